The number of nitrogens with one attached hydrogen (secondary N) is 4. The number of urea groups is 1. The van der Waals surface area contributed by atoms with Gasteiger partial charge in [0.2, 0.25) is 5.91 Å². The van der Waals surface area contributed by atoms with Crippen molar-refractivity contribution in [3.8, 4) is 11.4 Å². The molecule has 2 aromatic carbocycles. The van der Waals surface area contributed by atoms with Crippen molar-refractivity contribution >= 4 is 28.7 Å². The fourth-order valence-corrected chi connectivity index (χ4v) is 2.66. The largest absolute Gasteiger partial charge is 0.338 e. The van der Waals surface area contributed by atoms with E-state index in [-0.39, 0.29) is 24.5 Å². The Labute approximate surface area is 150 Å². The highest BCUT2D eigenvalue weighted by atomic mass is 16.2. The Morgan fingerprint density at radius 3 is 2.77 bits per heavy atom. The normalized spacial score (nSPS) is 13.4. The number of H-pyrrole nitrogens is 1. The minimum atomic E-state index is -0.307. The lowest BCUT2D eigenvalue weighted by atomic mass is 10.2. The molecule has 0 bridgehead atoms. The summed E-state index contributed by atoms with van der Waals surface area (Å²) in [5, 5.41) is 8.12. The first-order chi connectivity index (χ1) is 12.7. The molecule has 0 unspecified atom stereocenters. The molecule has 7 heteroatoms. The lowest BCUT2D eigenvalue weighted by molar-refractivity contribution is -0.115. The lowest BCUT2D eigenvalue weighted by Crippen LogP contribution is -2.40. The molecule has 0 aliphatic heterocycles. The fourth-order valence-electron chi connectivity index (χ4n) is 2.66. The maximum Gasteiger partial charge on any atom is 0.315 e. The van der Waals surface area contributed by atoms with Gasteiger partial charge in [-0.25, -0.2) is 9.78 Å². The van der Waals surface area contributed by atoms with Crippen molar-refractivity contribution in [1.29, 1.82) is 0 Å². The molecule has 1 fully saturated rings. The summed E-state index contributed by atoms with van der Waals surface area (Å²) in [5.41, 5.74) is 3.38. The van der Waals surface area contributed by atoms with Crippen LogP contribution in [0, 0.1) is 0 Å². The van der Waals surface area contributed by atoms with Gasteiger partial charge in [0, 0.05) is 17.3 Å². The van der Waals surface area contributed by atoms with E-state index in [2.05, 4.69) is 25.9 Å². The van der Waals surface area contributed by atoms with Gasteiger partial charge >= 0.3 is 6.03 Å². The number of amides is 3. The van der Waals surface area contributed by atoms with E-state index < -0.39 is 0 Å². The van der Waals surface area contributed by atoms with Gasteiger partial charge in [-0.3, -0.25) is 4.79 Å². The minimum absolute atomic E-state index is 0.0760. The molecule has 1 aliphatic rings. The highest BCUT2D eigenvalue weighted by Gasteiger charge is 2.23. The maximum absolute atomic E-state index is 12.0. The molecule has 26 heavy (non-hydrogen) atoms. The monoisotopic (exact) mass is 349 g/mol. The van der Waals surface area contributed by atoms with Gasteiger partial charge in [0.25, 0.3) is 0 Å². The molecular formula is C19H19N5O2. The summed E-state index contributed by atoms with van der Waals surface area (Å²) in [5.74, 6) is 0.460. The predicted molar refractivity (Wildman–Crippen MR) is 99.7 cm³/mol. The number of aromatic nitrogens is 2. The molecule has 7 nitrogen and oxygen atoms in total. The van der Waals surface area contributed by atoms with Gasteiger partial charge in [0.1, 0.15) is 5.82 Å². The SMILES string of the molecule is O=C(CNC(=O)NC1CC1)Nc1cccc(-c2nc3ccccc3[nH]2)c1. The number of aromatic amines is 1. The number of rotatable bonds is 5. The highest BCUT2D eigenvalue weighted by molar-refractivity contribution is 5.95. The molecule has 1 heterocycles. The van der Waals surface area contributed by atoms with E-state index in [1.807, 2.05) is 42.5 Å². The molecule has 0 atom stereocenters. The van der Waals surface area contributed by atoms with Gasteiger partial charge in [-0.15, -0.1) is 0 Å². The molecule has 0 radical (unpaired) electrons. The van der Waals surface area contributed by atoms with Crippen molar-refractivity contribution in [3.63, 3.8) is 0 Å². The Kier molecular flexibility index (Phi) is 4.27. The Morgan fingerprint density at radius 1 is 1.12 bits per heavy atom. The van der Waals surface area contributed by atoms with Crippen LogP contribution in [-0.4, -0.2) is 34.5 Å². The number of nitrogens with zero attached hydrogens (tertiary/aromatic N) is 1. The van der Waals surface area contributed by atoms with Crippen LogP contribution < -0.4 is 16.0 Å². The molecule has 132 valence electrons. The second-order valence-electron chi connectivity index (χ2n) is 6.33. The summed E-state index contributed by atoms with van der Waals surface area (Å²) >= 11 is 0. The predicted octanol–water partition coefficient (Wildman–Crippen LogP) is 2.63. The van der Waals surface area contributed by atoms with Crippen LogP contribution in [0.2, 0.25) is 0 Å². The van der Waals surface area contributed by atoms with E-state index in [1.165, 1.54) is 0 Å². The second kappa shape index (κ2) is 6.87. The van der Waals surface area contributed by atoms with Crippen molar-refractivity contribution in [2.45, 2.75) is 18.9 Å². The molecule has 0 spiro atoms. The lowest BCUT2D eigenvalue weighted by Gasteiger charge is -2.08. The first-order valence-electron chi connectivity index (χ1n) is 8.57. The van der Waals surface area contributed by atoms with E-state index >= 15 is 0 Å². The summed E-state index contributed by atoms with van der Waals surface area (Å²) < 4.78 is 0. The number of hydrogen-bond donors (Lipinski definition) is 4. The quantitative estimate of drug-likeness (QED) is 0.570. The van der Waals surface area contributed by atoms with Crippen LogP contribution in [0.25, 0.3) is 22.4 Å². The Balaban J connectivity index is 1.40. The Hall–Kier alpha value is -3.35. The first kappa shape index (κ1) is 16.1. The summed E-state index contributed by atoms with van der Waals surface area (Å²) in [6.45, 7) is -0.0760. The van der Waals surface area contributed by atoms with Gasteiger partial charge in [-0.05, 0) is 37.1 Å². The first-order valence-corrected chi connectivity index (χ1v) is 8.57. The van der Waals surface area contributed by atoms with Crippen molar-refractivity contribution < 1.29 is 9.59 Å². The van der Waals surface area contributed by atoms with Crippen molar-refractivity contribution in [2.75, 3.05) is 11.9 Å². The third-order valence-electron chi connectivity index (χ3n) is 4.13. The van der Waals surface area contributed by atoms with Gasteiger partial charge in [0.15, 0.2) is 0 Å². The van der Waals surface area contributed by atoms with E-state index in [0.717, 1.165) is 35.3 Å². The topological polar surface area (TPSA) is 98.9 Å². The average molecular weight is 349 g/mol. The number of fused-ring (bicyclic) bond motifs is 1. The van der Waals surface area contributed by atoms with Crippen LogP contribution >= 0.6 is 0 Å². The fraction of sp³-hybridized carbons (Fsp3) is 0.211. The van der Waals surface area contributed by atoms with Gasteiger partial charge in [-0.2, -0.15) is 0 Å². The summed E-state index contributed by atoms with van der Waals surface area (Å²) in [7, 11) is 0. The zero-order valence-corrected chi connectivity index (χ0v) is 14.1. The maximum atomic E-state index is 12.0. The molecule has 4 rings (SSSR count). The van der Waals surface area contributed by atoms with Crippen LogP contribution in [0.4, 0.5) is 10.5 Å². The van der Waals surface area contributed by atoms with E-state index in [9.17, 15) is 9.59 Å². The summed E-state index contributed by atoms with van der Waals surface area (Å²) in [6.07, 6.45) is 2.02. The van der Waals surface area contributed by atoms with Gasteiger partial charge in [-0.1, -0.05) is 24.3 Å². The number of para-hydroxylation sites is 2. The molecule has 1 aromatic heterocycles. The van der Waals surface area contributed by atoms with Crippen molar-refractivity contribution in [1.82, 2.24) is 20.6 Å². The summed E-state index contributed by atoms with van der Waals surface area (Å²) in [4.78, 5) is 31.4. The number of carbonyl (C=O) groups excluding carboxylic acids is 2. The number of anilines is 1. The molecule has 0 saturated heterocycles. The van der Waals surface area contributed by atoms with Crippen molar-refractivity contribution in [2.24, 2.45) is 0 Å². The van der Waals surface area contributed by atoms with Crippen LogP contribution in [0.15, 0.2) is 48.5 Å². The van der Waals surface area contributed by atoms with Gasteiger partial charge < -0.3 is 20.9 Å². The molecule has 3 amide bonds. The highest BCUT2D eigenvalue weighted by Crippen LogP contribution is 2.23. The Bertz CT molecular complexity index is 928. The molecule has 1 saturated carbocycles. The Morgan fingerprint density at radius 2 is 1.96 bits per heavy atom. The zero-order chi connectivity index (χ0) is 17.9. The third-order valence-corrected chi connectivity index (χ3v) is 4.13. The molecule has 4 N–H and O–H groups in total. The molecular weight excluding hydrogens is 330 g/mol. The number of hydrogen-bond acceptors (Lipinski definition) is 3. The second-order valence-corrected chi connectivity index (χ2v) is 6.33. The van der Waals surface area contributed by atoms with Crippen LogP contribution in [0.3, 0.4) is 0 Å². The van der Waals surface area contributed by atoms with Crippen LogP contribution in [0.5, 0.6) is 0 Å². The summed E-state index contributed by atoms with van der Waals surface area (Å²) in [6, 6.07) is 15.2. The zero-order valence-electron chi connectivity index (χ0n) is 14.1. The molecule has 1 aliphatic carbocycles. The number of carbonyl (C=O) groups is 2. The minimum Gasteiger partial charge on any atom is -0.338 e. The van der Waals surface area contributed by atoms with E-state index in [1.54, 1.807) is 6.07 Å². The van der Waals surface area contributed by atoms with E-state index in [0.29, 0.717) is 5.69 Å². The average Bonchev–Trinajstić information content (AvgIpc) is 3.34. The number of imidazole rings is 1. The van der Waals surface area contributed by atoms with Crippen LogP contribution in [0.1, 0.15) is 12.8 Å². The van der Waals surface area contributed by atoms with Gasteiger partial charge in [0.05, 0.1) is 17.6 Å². The number of benzene rings is 2. The standard InChI is InChI=1S/C19H19N5O2/c25-17(11-20-19(26)22-13-8-9-13)21-14-5-3-4-12(10-14)18-23-15-6-1-2-7-16(15)24-18/h1-7,10,13H,8-9,11H2,(H,21,25)(H,23,24)(H2,20,22,26). The van der Waals surface area contributed by atoms with Crippen LogP contribution in [-0.2, 0) is 4.79 Å². The van der Waals surface area contributed by atoms with E-state index in [4.69, 9.17) is 0 Å². The smallest absolute Gasteiger partial charge is 0.315 e. The third kappa shape index (κ3) is 3.83. The molecule has 3 aromatic rings. The van der Waals surface area contributed by atoms with Crippen molar-refractivity contribution in [3.05, 3.63) is 48.5 Å².